The van der Waals surface area contributed by atoms with Gasteiger partial charge in [-0.25, -0.2) is 9.88 Å². The molecule has 6 unspecified atom stereocenters. The third-order valence-corrected chi connectivity index (χ3v) is 15.5. The number of hydrogen-bond acceptors (Lipinski definition) is 11. The zero-order valence-corrected chi connectivity index (χ0v) is 36.9. The Kier molecular flexibility index (Phi) is 8.99. The summed E-state index contributed by atoms with van der Waals surface area (Å²) in [5.41, 5.74) is 4.02. The molecule has 64 heavy (non-hydrogen) atoms. The van der Waals surface area contributed by atoms with E-state index < -0.39 is 46.8 Å². The molecule has 1 saturated carbocycles. The van der Waals surface area contributed by atoms with Gasteiger partial charge < -0.3 is 19.0 Å². The van der Waals surface area contributed by atoms with Crippen LogP contribution in [-0.2, 0) is 26.2 Å². The van der Waals surface area contributed by atoms with Crippen molar-refractivity contribution >= 4 is 79.3 Å². The summed E-state index contributed by atoms with van der Waals surface area (Å²) in [5, 5.41) is 17.5. The van der Waals surface area contributed by atoms with E-state index in [0.717, 1.165) is 26.1 Å². The number of aromatic nitrogens is 3. The second-order valence-electron chi connectivity index (χ2n) is 17.2. The summed E-state index contributed by atoms with van der Waals surface area (Å²) in [7, 11) is 4.56. The highest BCUT2D eigenvalue weighted by Crippen LogP contribution is 2.64. The van der Waals surface area contributed by atoms with E-state index in [9.17, 15) is 14.7 Å². The van der Waals surface area contributed by atoms with Gasteiger partial charge in [0, 0.05) is 34.3 Å². The number of para-hydroxylation sites is 2. The number of nitrogens with zero attached hydrogens (tertiary/aromatic N) is 5. The van der Waals surface area contributed by atoms with Gasteiger partial charge in [0.15, 0.2) is 17.1 Å². The minimum Gasteiger partial charge on any atom is -0.502 e. The van der Waals surface area contributed by atoms with Gasteiger partial charge in [0.2, 0.25) is 35.3 Å². The van der Waals surface area contributed by atoms with E-state index in [1.807, 2.05) is 55.5 Å². The van der Waals surface area contributed by atoms with E-state index >= 15 is 9.59 Å². The molecule has 2 aliphatic heterocycles. The van der Waals surface area contributed by atoms with Crippen molar-refractivity contribution in [1.82, 2.24) is 14.8 Å². The Balaban J connectivity index is 0.989. The van der Waals surface area contributed by atoms with Crippen molar-refractivity contribution in [2.45, 2.75) is 32.6 Å². The summed E-state index contributed by atoms with van der Waals surface area (Å²) in [4.78, 5) is 67.8. The van der Waals surface area contributed by atoms with Crippen molar-refractivity contribution in [3.8, 4) is 39.3 Å². The van der Waals surface area contributed by atoms with E-state index in [1.54, 1.807) is 72.5 Å². The summed E-state index contributed by atoms with van der Waals surface area (Å²) < 4.78 is 19.8. The van der Waals surface area contributed by atoms with Crippen LogP contribution in [0.1, 0.15) is 36.8 Å². The number of carbonyl (C=O) groups is 4. The number of allylic oxidation sites excluding steroid dienone is 2. The summed E-state index contributed by atoms with van der Waals surface area (Å²) in [6, 6.07) is 25.3. The number of anilines is 2. The first kappa shape index (κ1) is 40.0. The first-order valence-corrected chi connectivity index (χ1v) is 22.1. The van der Waals surface area contributed by atoms with Gasteiger partial charge in [0.05, 0.1) is 48.0 Å². The fourth-order valence-electron chi connectivity index (χ4n) is 10.9. The third-order valence-electron chi connectivity index (χ3n) is 14.0. The number of phenolic OH excluding ortho intramolecular Hbond substituents is 1. The predicted molar refractivity (Wildman–Crippen MR) is 242 cm³/mol. The molecule has 4 aliphatic rings. The van der Waals surface area contributed by atoms with Gasteiger partial charge in [0.25, 0.3) is 0 Å². The summed E-state index contributed by atoms with van der Waals surface area (Å²) in [6.07, 6.45) is 2.38. The number of oxazole rings is 1. The van der Waals surface area contributed by atoms with E-state index in [-0.39, 0.29) is 41.9 Å². The quantitative estimate of drug-likeness (QED) is 0.121. The van der Waals surface area contributed by atoms with Crippen LogP contribution in [0.5, 0.6) is 17.2 Å². The average molecular weight is 894 g/mol. The highest BCUT2D eigenvalue weighted by atomic mass is 35.5. The fourth-order valence-corrected chi connectivity index (χ4v) is 12.2. The lowest BCUT2D eigenvalue weighted by Crippen LogP contribution is -2.49. The maximum absolute atomic E-state index is 15.4. The topological polar surface area (TPSA) is 157 Å². The number of rotatable bonds is 7. The molecule has 15 heteroatoms. The molecule has 2 saturated heterocycles. The van der Waals surface area contributed by atoms with E-state index in [2.05, 4.69) is 4.98 Å². The monoisotopic (exact) mass is 893 g/mol. The lowest BCUT2D eigenvalue weighted by Gasteiger charge is -2.49. The molecule has 3 fully saturated rings. The molecule has 4 amide bonds. The molecule has 0 radical (unpaired) electrons. The van der Waals surface area contributed by atoms with Gasteiger partial charge in [-0.05, 0) is 116 Å². The van der Waals surface area contributed by atoms with Crippen LogP contribution in [-0.4, -0.2) is 57.7 Å². The van der Waals surface area contributed by atoms with Crippen LogP contribution >= 0.6 is 22.9 Å². The van der Waals surface area contributed by atoms with Crippen LogP contribution < -0.4 is 19.3 Å². The number of fused-ring (bicyclic) bond motifs is 6. The van der Waals surface area contributed by atoms with Crippen LogP contribution in [0.4, 0.5) is 11.5 Å². The third kappa shape index (κ3) is 5.61. The predicted octanol–water partition coefficient (Wildman–Crippen LogP) is 9.23. The lowest BCUT2D eigenvalue weighted by molar-refractivity contribution is -0.131. The molecule has 6 atom stereocenters. The normalized spacial score (nSPS) is 24.1. The van der Waals surface area contributed by atoms with Crippen molar-refractivity contribution in [3.05, 3.63) is 113 Å². The molecule has 0 spiro atoms. The minimum atomic E-state index is -1.38. The van der Waals surface area contributed by atoms with Crippen molar-refractivity contribution in [2.75, 3.05) is 24.0 Å². The lowest BCUT2D eigenvalue weighted by atomic mass is 9.51. The number of thiophene rings is 1. The molecule has 0 bridgehead atoms. The Morgan fingerprint density at radius 3 is 2.34 bits per heavy atom. The molecule has 2 aliphatic carbocycles. The number of hydrogen-bond donors (Lipinski definition) is 1. The Morgan fingerprint density at radius 2 is 1.62 bits per heavy atom. The van der Waals surface area contributed by atoms with Gasteiger partial charge in [0.1, 0.15) is 17.0 Å². The van der Waals surface area contributed by atoms with E-state index in [0.29, 0.717) is 50.3 Å². The number of aromatic hydroxyl groups is 1. The highest BCUT2D eigenvalue weighted by Gasteiger charge is 2.68. The number of benzene rings is 4. The zero-order valence-electron chi connectivity index (χ0n) is 35.3. The number of aryl methyl sites for hydroxylation is 2. The number of amides is 4. The first-order chi connectivity index (χ1) is 30.8. The Hall–Kier alpha value is -6.77. The molecule has 7 aromatic rings. The Morgan fingerprint density at radius 1 is 0.891 bits per heavy atom. The minimum absolute atomic E-state index is 0.121. The standard InChI is InChI=1S/C49H40ClN5O8S/c1-23-30-20-26(50)12-17-38(30)64-43(23)34-22-39(53(3)52-34)55-46(58)32-21-31-28(41(49(32,2)48(55)60)25-18-36(61-4)42(56)37(19-25)62-5)15-16-29-40(31)47(59)54(45(29)57)27-13-10-24(11-14-27)44-51-33-8-6-7-9-35(33)63-44/h6-15,17-20,22,29,31-32,40-41,56H,16,21H2,1-5H3. The number of methoxy groups -OCH3 is 2. The van der Waals surface area contributed by atoms with Crippen LogP contribution in [0.15, 0.2) is 101 Å². The molecule has 4 aromatic carbocycles. The molecule has 13 nitrogen and oxygen atoms in total. The number of carbonyl (C=O) groups excluding carboxylic acids is 4. The van der Waals surface area contributed by atoms with Crippen LogP contribution in [0, 0.1) is 36.0 Å². The van der Waals surface area contributed by atoms with Crippen molar-refractivity contribution < 1.29 is 38.2 Å². The second-order valence-corrected chi connectivity index (χ2v) is 18.7. The van der Waals surface area contributed by atoms with Crippen LogP contribution in [0.25, 0.3) is 43.2 Å². The van der Waals surface area contributed by atoms with Crippen LogP contribution in [0.2, 0.25) is 5.02 Å². The molecule has 11 rings (SSSR count). The Labute approximate surface area is 375 Å². The van der Waals surface area contributed by atoms with Crippen LogP contribution in [0.3, 0.4) is 0 Å². The van der Waals surface area contributed by atoms with Gasteiger partial charge in [-0.2, -0.15) is 5.10 Å². The van der Waals surface area contributed by atoms with Gasteiger partial charge >= 0.3 is 0 Å². The first-order valence-electron chi connectivity index (χ1n) is 20.9. The molecule has 3 aromatic heterocycles. The summed E-state index contributed by atoms with van der Waals surface area (Å²) in [5.74, 6) is -4.55. The van der Waals surface area contributed by atoms with Gasteiger partial charge in [-0.3, -0.25) is 28.8 Å². The Bertz CT molecular complexity index is 3150. The zero-order chi connectivity index (χ0) is 44.5. The molecule has 322 valence electrons. The SMILES string of the molecule is COc1cc(C2C3=CCC4C(=O)N(c5ccc(-c6nc7ccccc7o6)cc5)C(=O)C4C3CC3C(=O)N(c4cc(-c5sc6ccc(Cl)cc6c5C)nn4C)C(=O)C32C)cc(OC)c1O. The van der Waals surface area contributed by atoms with Crippen molar-refractivity contribution in [2.24, 2.45) is 36.1 Å². The van der Waals surface area contributed by atoms with E-state index in [4.69, 9.17) is 30.6 Å². The number of phenols is 1. The highest BCUT2D eigenvalue weighted by molar-refractivity contribution is 7.22. The second kappa shape index (κ2) is 14.4. The number of imide groups is 2. The van der Waals surface area contributed by atoms with Gasteiger partial charge in [-0.1, -0.05) is 35.4 Å². The number of halogens is 1. The number of ether oxygens (including phenoxy) is 2. The maximum atomic E-state index is 15.4. The molecule has 1 N–H and O–H groups in total. The molecule has 5 heterocycles. The largest absolute Gasteiger partial charge is 0.502 e. The summed E-state index contributed by atoms with van der Waals surface area (Å²) in [6.45, 7) is 3.81. The van der Waals surface area contributed by atoms with Crippen molar-refractivity contribution in [3.63, 3.8) is 0 Å². The average Bonchev–Trinajstić information content (AvgIpc) is 4.08. The van der Waals surface area contributed by atoms with Crippen molar-refractivity contribution in [1.29, 1.82) is 0 Å². The van der Waals surface area contributed by atoms with E-state index in [1.165, 1.54) is 24.0 Å². The fraction of sp³-hybridized carbons (Fsp3) is 0.265. The smallest absolute Gasteiger partial charge is 0.242 e. The van der Waals surface area contributed by atoms with Gasteiger partial charge in [-0.15, -0.1) is 11.3 Å². The maximum Gasteiger partial charge on any atom is 0.242 e. The summed E-state index contributed by atoms with van der Waals surface area (Å²) >= 11 is 7.91. The molecular weight excluding hydrogens is 854 g/mol. The molecular formula is C49H40ClN5O8S.